The monoisotopic (exact) mass is 382 g/mol. The zero-order valence-corrected chi connectivity index (χ0v) is 17.1. The summed E-state index contributed by atoms with van der Waals surface area (Å²) in [4.78, 5) is 5.00. The molecule has 0 N–H and O–H groups in total. The molecule has 2 heterocycles. The summed E-state index contributed by atoms with van der Waals surface area (Å²) < 4.78 is 17.1. The van der Waals surface area contributed by atoms with E-state index < -0.39 is 0 Å². The second-order valence-corrected chi connectivity index (χ2v) is 7.64. The van der Waals surface area contributed by atoms with Crippen LogP contribution in [0.15, 0.2) is 36.4 Å². The van der Waals surface area contributed by atoms with Crippen LogP contribution in [0.2, 0.25) is 0 Å². The quantitative estimate of drug-likeness (QED) is 0.791. The third kappa shape index (κ3) is 3.96. The van der Waals surface area contributed by atoms with Gasteiger partial charge >= 0.3 is 0 Å². The van der Waals surface area contributed by atoms with E-state index in [9.17, 15) is 0 Å². The molecule has 4 rings (SSSR count). The average molecular weight is 383 g/mol. The predicted molar refractivity (Wildman–Crippen MR) is 112 cm³/mol. The van der Waals surface area contributed by atoms with Gasteiger partial charge in [0.2, 0.25) is 0 Å². The number of hydrogen-bond donors (Lipinski definition) is 0. The molecule has 150 valence electrons. The van der Waals surface area contributed by atoms with E-state index in [2.05, 4.69) is 53.1 Å². The third-order valence-electron chi connectivity index (χ3n) is 5.85. The minimum atomic E-state index is 0.0917. The first-order chi connectivity index (χ1) is 13.7. The molecule has 2 aromatic carbocycles. The number of rotatable bonds is 5. The molecular formula is C23H30N2O3. The van der Waals surface area contributed by atoms with Crippen molar-refractivity contribution in [3.05, 3.63) is 53.1 Å². The van der Waals surface area contributed by atoms with Crippen LogP contribution in [0.3, 0.4) is 0 Å². The minimum Gasteiger partial charge on any atom is -0.493 e. The van der Waals surface area contributed by atoms with Crippen molar-refractivity contribution in [1.29, 1.82) is 0 Å². The fraction of sp³-hybridized carbons (Fsp3) is 0.478. The second kappa shape index (κ2) is 8.41. The van der Waals surface area contributed by atoms with E-state index in [-0.39, 0.29) is 6.10 Å². The minimum absolute atomic E-state index is 0.0917. The molecule has 0 amide bonds. The third-order valence-corrected chi connectivity index (χ3v) is 5.85. The van der Waals surface area contributed by atoms with Crippen LogP contribution < -0.4 is 14.4 Å². The van der Waals surface area contributed by atoms with Gasteiger partial charge < -0.3 is 19.1 Å². The molecule has 2 aliphatic heterocycles. The fourth-order valence-corrected chi connectivity index (χ4v) is 4.25. The van der Waals surface area contributed by atoms with Gasteiger partial charge in [-0.05, 0) is 54.3 Å². The van der Waals surface area contributed by atoms with Gasteiger partial charge in [0.1, 0.15) is 0 Å². The zero-order chi connectivity index (χ0) is 19.5. The number of aryl methyl sites for hydroxylation is 1. The van der Waals surface area contributed by atoms with Crippen molar-refractivity contribution in [1.82, 2.24) is 4.90 Å². The maximum absolute atomic E-state index is 6.16. The number of benzene rings is 2. The molecular weight excluding hydrogens is 352 g/mol. The maximum atomic E-state index is 6.16. The van der Waals surface area contributed by atoms with E-state index in [0.717, 1.165) is 57.3 Å². The van der Waals surface area contributed by atoms with E-state index in [1.165, 1.54) is 22.4 Å². The van der Waals surface area contributed by atoms with Gasteiger partial charge in [-0.1, -0.05) is 12.1 Å². The van der Waals surface area contributed by atoms with Gasteiger partial charge in [-0.25, -0.2) is 0 Å². The van der Waals surface area contributed by atoms with Crippen molar-refractivity contribution < 1.29 is 14.2 Å². The van der Waals surface area contributed by atoms with E-state index in [0.29, 0.717) is 0 Å². The first-order valence-electron chi connectivity index (χ1n) is 10.1. The summed E-state index contributed by atoms with van der Waals surface area (Å²) in [6.45, 7) is 8.04. The lowest BCUT2D eigenvalue weighted by atomic mass is 9.96. The number of anilines is 1. The zero-order valence-electron chi connectivity index (χ0n) is 17.1. The molecule has 2 aromatic rings. The second-order valence-electron chi connectivity index (χ2n) is 7.64. The molecule has 5 nitrogen and oxygen atoms in total. The van der Waals surface area contributed by atoms with E-state index in [1.54, 1.807) is 14.2 Å². The molecule has 1 atom stereocenters. The Morgan fingerprint density at radius 1 is 1.00 bits per heavy atom. The Bertz CT molecular complexity index is 815. The van der Waals surface area contributed by atoms with Gasteiger partial charge in [0, 0.05) is 38.4 Å². The van der Waals surface area contributed by atoms with Crippen LogP contribution in [0.4, 0.5) is 5.69 Å². The summed E-state index contributed by atoms with van der Waals surface area (Å²) >= 11 is 0. The number of nitrogens with zero attached hydrogens (tertiary/aromatic N) is 2. The highest BCUT2D eigenvalue weighted by atomic mass is 16.5. The van der Waals surface area contributed by atoms with Gasteiger partial charge in [-0.2, -0.15) is 0 Å². The SMILES string of the molecule is COc1cc2c(cc1OC)C(CN1CCN(c3cccc(C)c3)CC1)OCC2. The Balaban J connectivity index is 1.42. The number of piperazine rings is 1. The molecule has 0 aliphatic carbocycles. The Kier molecular flexibility index (Phi) is 5.74. The maximum Gasteiger partial charge on any atom is 0.161 e. The molecule has 0 aromatic heterocycles. The summed E-state index contributed by atoms with van der Waals surface area (Å²) in [6.07, 6.45) is 1.02. The summed E-state index contributed by atoms with van der Waals surface area (Å²) in [5.74, 6) is 1.58. The molecule has 5 heteroatoms. The number of ether oxygens (including phenoxy) is 3. The summed E-state index contributed by atoms with van der Waals surface area (Å²) in [7, 11) is 3.38. The first kappa shape index (κ1) is 19.1. The largest absolute Gasteiger partial charge is 0.493 e. The lowest BCUT2D eigenvalue weighted by Crippen LogP contribution is -2.48. The van der Waals surface area contributed by atoms with Crippen LogP contribution >= 0.6 is 0 Å². The van der Waals surface area contributed by atoms with Gasteiger partial charge in [0.15, 0.2) is 11.5 Å². The van der Waals surface area contributed by atoms with Crippen LogP contribution in [-0.4, -0.2) is 58.5 Å². The standard InChI is InChI=1S/C23H30N2O3/c1-17-5-4-6-19(13-17)25-10-8-24(9-11-25)16-23-20-15-22(27-3)21(26-2)14-18(20)7-12-28-23/h4-6,13-15,23H,7-12,16H2,1-3H3. The Morgan fingerprint density at radius 2 is 1.75 bits per heavy atom. The molecule has 28 heavy (non-hydrogen) atoms. The van der Waals surface area contributed by atoms with Crippen LogP contribution in [0.25, 0.3) is 0 Å². The van der Waals surface area contributed by atoms with Crippen molar-refractivity contribution >= 4 is 5.69 Å². The van der Waals surface area contributed by atoms with Gasteiger partial charge in [0.25, 0.3) is 0 Å². The summed E-state index contributed by atoms with van der Waals surface area (Å²) in [5.41, 5.74) is 5.20. The molecule has 0 bridgehead atoms. The smallest absolute Gasteiger partial charge is 0.161 e. The number of hydrogen-bond acceptors (Lipinski definition) is 5. The van der Waals surface area contributed by atoms with Gasteiger partial charge in [-0.15, -0.1) is 0 Å². The molecule has 0 spiro atoms. The lowest BCUT2D eigenvalue weighted by Gasteiger charge is -2.38. The highest BCUT2D eigenvalue weighted by Gasteiger charge is 2.27. The van der Waals surface area contributed by atoms with E-state index in [1.807, 2.05) is 0 Å². The highest BCUT2D eigenvalue weighted by molar-refractivity contribution is 5.50. The fourth-order valence-electron chi connectivity index (χ4n) is 4.25. The molecule has 0 saturated carbocycles. The number of fused-ring (bicyclic) bond motifs is 1. The Morgan fingerprint density at radius 3 is 2.46 bits per heavy atom. The van der Waals surface area contributed by atoms with E-state index in [4.69, 9.17) is 14.2 Å². The molecule has 2 aliphatic rings. The van der Waals surface area contributed by atoms with Crippen molar-refractivity contribution in [3.8, 4) is 11.5 Å². The normalized spacial score (nSPS) is 20.0. The van der Waals surface area contributed by atoms with Crippen LogP contribution in [-0.2, 0) is 11.2 Å². The van der Waals surface area contributed by atoms with Crippen molar-refractivity contribution in [2.24, 2.45) is 0 Å². The van der Waals surface area contributed by atoms with Crippen molar-refractivity contribution in [2.75, 3.05) is 58.5 Å². The van der Waals surface area contributed by atoms with Gasteiger partial charge in [-0.3, -0.25) is 4.90 Å². The Hall–Kier alpha value is -2.24. The number of methoxy groups -OCH3 is 2. The lowest BCUT2D eigenvalue weighted by molar-refractivity contribution is 0.0146. The Labute approximate surface area is 167 Å². The van der Waals surface area contributed by atoms with Crippen molar-refractivity contribution in [2.45, 2.75) is 19.4 Å². The summed E-state index contributed by atoms with van der Waals surface area (Å²) in [6, 6.07) is 13.0. The molecule has 0 radical (unpaired) electrons. The van der Waals surface area contributed by atoms with Crippen LogP contribution in [0, 0.1) is 6.92 Å². The molecule has 1 fully saturated rings. The molecule has 1 saturated heterocycles. The topological polar surface area (TPSA) is 34.2 Å². The van der Waals surface area contributed by atoms with Crippen LogP contribution in [0.1, 0.15) is 22.8 Å². The van der Waals surface area contributed by atoms with Gasteiger partial charge in [0.05, 0.1) is 26.9 Å². The van der Waals surface area contributed by atoms with Crippen molar-refractivity contribution in [3.63, 3.8) is 0 Å². The average Bonchev–Trinajstić information content (AvgIpc) is 2.73. The summed E-state index contributed by atoms with van der Waals surface area (Å²) in [5, 5.41) is 0. The first-order valence-corrected chi connectivity index (χ1v) is 10.1. The highest BCUT2D eigenvalue weighted by Crippen LogP contribution is 2.37. The van der Waals surface area contributed by atoms with Crippen LogP contribution in [0.5, 0.6) is 11.5 Å². The van der Waals surface area contributed by atoms with E-state index >= 15 is 0 Å². The molecule has 1 unspecified atom stereocenters. The predicted octanol–water partition coefficient (Wildman–Crippen LogP) is 3.45.